The summed E-state index contributed by atoms with van der Waals surface area (Å²) in [7, 11) is -3.74. The van der Waals surface area contributed by atoms with Gasteiger partial charge in [0.1, 0.15) is 23.2 Å². The maximum absolute atomic E-state index is 11.7. The van der Waals surface area contributed by atoms with Gasteiger partial charge in [-0.3, -0.25) is 4.79 Å². The van der Waals surface area contributed by atoms with Crippen LogP contribution in [0.25, 0.3) is 6.08 Å². The zero-order valence-corrected chi connectivity index (χ0v) is 14.1. The van der Waals surface area contributed by atoms with Crippen LogP contribution in [0.5, 0.6) is 0 Å². The van der Waals surface area contributed by atoms with E-state index in [0.29, 0.717) is 10.0 Å². The van der Waals surface area contributed by atoms with Crippen molar-refractivity contribution >= 4 is 45.2 Å². The normalized spacial score (nSPS) is 11.7. The summed E-state index contributed by atoms with van der Waals surface area (Å²) < 4.78 is 34.4. The van der Waals surface area contributed by atoms with E-state index in [9.17, 15) is 13.2 Å². The van der Waals surface area contributed by atoms with Crippen molar-refractivity contribution in [2.75, 3.05) is 6.54 Å². The summed E-state index contributed by atoms with van der Waals surface area (Å²) in [5, 5.41) is 4.65. The maximum Gasteiger partial charge on any atom is 0.321 e. The molecule has 0 fully saturated rings. The molecule has 1 heterocycles. The van der Waals surface area contributed by atoms with Gasteiger partial charge < -0.3 is 4.74 Å². The molecule has 0 aliphatic heterocycles. The summed E-state index contributed by atoms with van der Waals surface area (Å²) in [6, 6.07) is 8.91. The lowest BCUT2D eigenvalue weighted by Crippen LogP contribution is -2.29. The Kier molecular flexibility index (Phi) is 6.22. The second-order valence-electron chi connectivity index (χ2n) is 4.23. The van der Waals surface area contributed by atoms with Crippen LogP contribution < -0.4 is 4.72 Å². The SMILES string of the molecule is O=C(CNS(=O)(=O)/C=C/c1ccccc1)OCc1nnsc1Cl. The van der Waals surface area contributed by atoms with E-state index < -0.39 is 22.5 Å². The number of nitrogens with zero attached hydrogens (tertiary/aromatic N) is 2. The molecule has 0 unspecified atom stereocenters. The number of benzene rings is 1. The van der Waals surface area contributed by atoms with E-state index in [1.807, 2.05) is 6.07 Å². The van der Waals surface area contributed by atoms with Gasteiger partial charge in [-0.05, 0) is 11.6 Å². The number of halogens is 1. The number of aromatic nitrogens is 2. The van der Waals surface area contributed by atoms with E-state index in [1.54, 1.807) is 24.3 Å². The standard InChI is InChI=1S/C13H12ClN3O4S2/c14-13-11(16-17-22-13)9-21-12(18)8-15-23(19,20)7-6-10-4-2-1-3-5-10/h1-7,15H,8-9H2/b7-6+. The quantitative estimate of drug-likeness (QED) is 0.743. The molecule has 0 atom stereocenters. The summed E-state index contributed by atoms with van der Waals surface area (Å²) in [5.41, 5.74) is 1.06. The highest BCUT2D eigenvalue weighted by Crippen LogP contribution is 2.17. The maximum atomic E-state index is 11.7. The van der Waals surface area contributed by atoms with E-state index in [0.717, 1.165) is 22.5 Å². The van der Waals surface area contributed by atoms with Gasteiger partial charge in [0.05, 0.1) is 0 Å². The fourth-order valence-corrected chi connectivity index (χ4v) is 2.78. The predicted molar refractivity (Wildman–Crippen MR) is 87.1 cm³/mol. The van der Waals surface area contributed by atoms with E-state index in [-0.39, 0.29) is 6.61 Å². The Labute approximate surface area is 142 Å². The van der Waals surface area contributed by atoms with Crippen molar-refractivity contribution in [1.29, 1.82) is 0 Å². The van der Waals surface area contributed by atoms with Crippen molar-refractivity contribution in [3.63, 3.8) is 0 Å². The molecule has 122 valence electrons. The molecular formula is C13H12ClN3O4S2. The lowest BCUT2D eigenvalue weighted by atomic mass is 10.2. The first kappa shape index (κ1) is 17.5. The molecule has 1 aromatic carbocycles. The number of sulfonamides is 1. The third-order valence-electron chi connectivity index (χ3n) is 2.54. The van der Waals surface area contributed by atoms with Crippen molar-refractivity contribution < 1.29 is 17.9 Å². The average molecular weight is 374 g/mol. The molecular weight excluding hydrogens is 362 g/mol. The van der Waals surface area contributed by atoms with Gasteiger partial charge in [0.25, 0.3) is 0 Å². The van der Waals surface area contributed by atoms with Crippen LogP contribution >= 0.6 is 23.1 Å². The van der Waals surface area contributed by atoms with Crippen molar-refractivity contribution in [2.24, 2.45) is 0 Å². The summed E-state index contributed by atoms with van der Waals surface area (Å²) in [6.07, 6.45) is 1.42. The smallest absolute Gasteiger partial charge is 0.321 e. The number of hydrogen-bond acceptors (Lipinski definition) is 7. The molecule has 0 aliphatic rings. The van der Waals surface area contributed by atoms with E-state index in [2.05, 4.69) is 14.3 Å². The average Bonchev–Trinajstić information content (AvgIpc) is 2.95. The van der Waals surface area contributed by atoms with Crippen LogP contribution in [0.15, 0.2) is 35.7 Å². The molecule has 0 spiro atoms. The molecule has 10 heteroatoms. The minimum absolute atomic E-state index is 0.157. The Hall–Kier alpha value is -1.81. The Morgan fingerprint density at radius 3 is 2.74 bits per heavy atom. The highest BCUT2D eigenvalue weighted by molar-refractivity contribution is 7.92. The zero-order valence-electron chi connectivity index (χ0n) is 11.7. The van der Waals surface area contributed by atoms with Crippen LogP contribution in [0, 0.1) is 0 Å². The van der Waals surface area contributed by atoms with Crippen LogP contribution in [0.2, 0.25) is 4.34 Å². The van der Waals surface area contributed by atoms with Crippen LogP contribution in [0.3, 0.4) is 0 Å². The Bertz CT molecular complexity index is 791. The summed E-state index contributed by atoms with van der Waals surface area (Å²) in [4.78, 5) is 11.5. The number of hydrogen-bond donors (Lipinski definition) is 1. The first-order valence-electron chi connectivity index (χ1n) is 6.31. The minimum atomic E-state index is -3.74. The molecule has 0 saturated heterocycles. The first-order valence-corrected chi connectivity index (χ1v) is 9.01. The van der Waals surface area contributed by atoms with E-state index in [4.69, 9.17) is 16.3 Å². The fourth-order valence-electron chi connectivity index (χ4n) is 1.42. The predicted octanol–water partition coefficient (Wildman–Crippen LogP) is 1.82. The van der Waals surface area contributed by atoms with E-state index >= 15 is 0 Å². The molecule has 1 aromatic heterocycles. The lowest BCUT2D eigenvalue weighted by molar-refractivity contribution is -0.143. The van der Waals surface area contributed by atoms with Crippen LogP contribution in [0.1, 0.15) is 11.3 Å². The van der Waals surface area contributed by atoms with Gasteiger partial charge in [-0.1, -0.05) is 46.4 Å². The zero-order chi connectivity index (χ0) is 16.7. The fraction of sp³-hybridized carbons (Fsp3) is 0.154. The van der Waals surface area contributed by atoms with Crippen molar-refractivity contribution in [3.05, 3.63) is 51.3 Å². The molecule has 1 N–H and O–H groups in total. The monoisotopic (exact) mass is 373 g/mol. The number of ether oxygens (including phenoxy) is 1. The lowest BCUT2D eigenvalue weighted by Gasteiger charge is -2.04. The Balaban J connectivity index is 1.81. The third-order valence-corrected chi connectivity index (χ3v) is 4.56. The minimum Gasteiger partial charge on any atom is -0.458 e. The largest absolute Gasteiger partial charge is 0.458 e. The van der Waals surface area contributed by atoms with Crippen LogP contribution in [-0.4, -0.2) is 30.5 Å². The van der Waals surface area contributed by atoms with E-state index in [1.165, 1.54) is 6.08 Å². The van der Waals surface area contributed by atoms with Crippen molar-refractivity contribution in [1.82, 2.24) is 14.3 Å². The Morgan fingerprint density at radius 2 is 2.09 bits per heavy atom. The molecule has 0 saturated carbocycles. The number of esters is 1. The Morgan fingerprint density at radius 1 is 1.35 bits per heavy atom. The number of rotatable bonds is 7. The van der Waals surface area contributed by atoms with Crippen molar-refractivity contribution in [2.45, 2.75) is 6.61 Å². The van der Waals surface area contributed by atoms with Gasteiger partial charge in [0, 0.05) is 16.9 Å². The van der Waals surface area contributed by atoms with Crippen LogP contribution in [-0.2, 0) is 26.2 Å². The molecule has 2 rings (SSSR count). The van der Waals surface area contributed by atoms with Gasteiger partial charge in [-0.2, -0.15) is 0 Å². The van der Waals surface area contributed by atoms with Gasteiger partial charge >= 0.3 is 5.97 Å². The molecule has 23 heavy (non-hydrogen) atoms. The molecule has 7 nitrogen and oxygen atoms in total. The van der Waals surface area contributed by atoms with Gasteiger partial charge in [-0.25, -0.2) is 13.1 Å². The highest BCUT2D eigenvalue weighted by Gasteiger charge is 2.12. The molecule has 0 bridgehead atoms. The first-order chi connectivity index (χ1) is 11.0. The topological polar surface area (TPSA) is 98.2 Å². The highest BCUT2D eigenvalue weighted by atomic mass is 35.5. The van der Waals surface area contributed by atoms with Gasteiger partial charge in [0.2, 0.25) is 10.0 Å². The summed E-state index contributed by atoms with van der Waals surface area (Å²) >= 11 is 6.72. The molecule has 0 aliphatic carbocycles. The number of carbonyl (C=O) groups excluding carboxylic acids is 1. The second-order valence-corrected chi connectivity index (χ2v) is 7.24. The molecule has 2 aromatic rings. The molecule has 0 radical (unpaired) electrons. The molecule has 0 amide bonds. The summed E-state index contributed by atoms with van der Waals surface area (Å²) in [6.45, 7) is -0.646. The summed E-state index contributed by atoms with van der Waals surface area (Å²) in [5.74, 6) is -0.745. The third kappa shape index (κ3) is 6.06. The van der Waals surface area contributed by atoms with Crippen molar-refractivity contribution in [3.8, 4) is 0 Å². The second kappa shape index (κ2) is 8.16. The van der Waals surface area contributed by atoms with Gasteiger partial charge in [-0.15, -0.1) is 5.10 Å². The number of nitrogens with one attached hydrogen (secondary N) is 1. The van der Waals surface area contributed by atoms with Gasteiger partial charge in [0.15, 0.2) is 0 Å². The van der Waals surface area contributed by atoms with Crippen LogP contribution in [0.4, 0.5) is 0 Å². The number of carbonyl (C=O) groups is 1.